The van der Waals surface area contributed by atoms with E-state index in [4.69, 9.17) is 28.4 Å². The van der Waals surface area contributed by atoms with Crippen LogP contribution < -0.4 is 0 Å². The maximum absolute atomic E-state index is 13.0. The van der Waals surface area contributed by atoms with E-state index in [1.54, 1.807) is 0 Å². The summed E-state index contributed by atoms with van der Waals surface area (Å²) in [6.07, 6.45) is 20.3. The Bertz CT molecular complexity index is 1260. The number of carbonyl (C=O) groups is 2. The molecule has 15 nitrogen and oxygen atoms in total. The van der Waals surface area contributed by atoms with Gasteiger partial charge in [0.05, 0.1) is 19.8 Å². The van der Waals surface area contributed by atoms with Gasteiger partial charge in [-0.15, -0.1) is 0 Å². The van der Waals surface area contributed by atoms with Crippen LogP contribution in [0.5, 0.6) is 0 Å². The molecule has 0 aromatic rings. The highest BCUT2D eigenvalue weighted by molar-refractivity contribution is 5.70. The molecule has 372 valence electrons. The molecule has 2 aliphatic rings. The summed E-state index contributed by atoms with van der Waals surface area (Å²) < 4.78 is 33.5. The van der Waals surface area contributed by atoms with Crippen molar-refractivity contribution >= 4 is 11.9 Å². The third kappa shape index (κ3) is 25.0. The van der Waals surface area contributed by atoms with Gasteiger partial charge in [-0.3, -0.25) is 9.59 Å². The summed E-state index contributed by atoms with van der Waals surface area (Å²) in [6, 6.07) is 0. The number of aliphatic hydroxyl groups excluding tert-OH is 7. The number of unbranched alkanes of at least 4 members (excludes halogenated alkanes) is 17. The minimum Gasteiger partial charge on any atom is -0.462 e. The number of ether oxygens (including phenoxy) is 6. The standard InChI is InChI=1S/C49H86O15/c1-3-5-7-9-11-13-15-17-18-20-21-23-25-27-29-31-40(51)59-34-37(62-41(52)32-30-28-26-24-22-19-16-14-12-10-8-6-4-2)35-60-48-47(58)45(56)43(54)39(64-48)36-61-49-46(57)44(55)42(53)38(33-50)63-49/h8,10,14,16-18,37-39,42-50,53-58H,3-7,9,11-13,15,19-36H2,1-2H3/b10-8-,16-14-,18-17-. The highest BCUT2D eigenvalue weighted by atomic mass is 16.7. The molecule has 0 spiro atoms. The molecular weight excluding hydrogens is 829 g/mol. The number of carbonyl (C=O) groups excluding carboxylic acids is 2. The maximum Gasteiger partial charge on any atom is 0.306 e. The van der Waals surface area contributed by atoms with Gasteiger partial charge in [-0.25, -0.2) is 0 Å². The van der Waals surface area contributed by atoms with E-state index in [0.717, 1.165) is 89.9 Å². The fourth-order valence-corrected chi connectivity index (χ4v) is 7.48. The van der Waals surface area contributed by atoms with Crippen LogP contribution >= 0.6 is 0 Å². The first-order chi connectivity index (χ1) is 31.0. The van der Waals surface area contributed by atoms with Gasteiger partial charge in [0.1, 0.15) is 55.4 Å². The average molecular weight is 915 g/mol. The van der Waals surface area contributed by atoms with Crippen molar-refractivity contribution in [2.45, 2.75) is 235 Å². The van der Waals surface area contributed by atoms with E-state index < -0.39 is 92.7 Å². The summed E-state index contributed by atoms with van der Waals surface area (Å²) in [5.41, 5.74) is 0. The number of hydrogen-bond donors (Lipinski definition) is 7. The molecule has 15 heteroatoms. The Morgan fingerprint density at radius 3 is 1.53 bits per heavy atom. The van der Waals surface area contributed by atoms with Gasteiger partial charge in [-0.05, 0) is 64.2 Å². The SMILES string of the molecule is CCC/C=C\C/C=C\CCCCCCCC(=O)OC(COC(=O)CCCCCCC/C=C\CCCCCCCC)COC1OC(COC2OC(CO)C(O)C(O)C2O)C(O)C(O)C1O. The van der Waals surface area contributed by atoms with Crippen LogP contribution in [0.15, 0.2) is 36.5 Å². The van der Waals surface area contributed by atoms with Gasteiger partial charge in [0.15, 0.2) is 18.7 Å². The maximum atomic E-state index is 13.0. The number of rotatable bonds is 37. The summed E-state index contributed by atoms with van der Waals surface area (Å²) >= 11 is 0. The molecule has 0 aliphatic carbocycles. The van der Waals surface area contributed by atoms with Crippen LogP contribution in [0, 0.1) is 0 Å². The zero-order valence-electron chi connectivity index (χ0n) is 39.0. The summed E-state index contributed by atoms with van der Waals surface area (Å²) in [5.74, 6) is -0.952. The van der Waals surface area contributed by atoms with Gasteiger partial charge in [0, 0.05) is 12.8 Å². The van der Waals surface area contributed by atoms with Gasteiger partial charge in [0.25, 0.3) is 0 Å². The smallest absolute Gasteiger partial charge is 0.306 e. The lowest BCUT2D eigenvalue weighted by molar-refractivity contribution is -0.332. The van der Waals surface area contributed by atoms with Crippen molar-refractivity contribution in [2.75, 3.05) is 26.4 Å². The van der Waals surface area contributed by atoms with Crippen LogP contribution in [-0.2, 0) is 38.0 Å². The molecule has 2 rings (SSSR count). The Morgan fingerprint density at radius 1 is 0.500 bits per heavy atom. The molecule has 0 radical (unpaired) electrons. The summed E-state index contributed by atoms with van der Waals surface area (Å²) in [5, 5.41) is 72.0. The fraction of sp³-hybridized carbons (Fsp3) is 0.837. The Labute approximate surface area is 383 Å². The van der Waals surface area contributed by atoms with Crippen molar-refractivity contribution in [3.05, 3.63) is 36.5 Å². The highest BCUT2D eigenvalue weighted by Gasteiger charge is 2.47. The first-order valence-corrected chi connectivity index (χ1v) is 24.6. The van der Waals surface area contributed by atoms with Crippen molar-refractivity contribution < 1.29 is 73.8 Å². The lowest BCUT2D eigenvalue weighted by Gasteiger charge is -2.42. The van der Waals surface area contributed by atoms with E-state index in [1.165, 1.54) is 38.5 Å². The van der Waals surface area contributed by atoms with Gasteiger partial charge in [0.2, 0.25) is 0 Å². The van der Waals surface area contributed by atoms with Crippen molar-refractivity contribution in [2.24, 2.45) is 0 Å². The zero-order chi connectivity index (χ0) is 46.8. The molecule has 0 amide bonds. The van der Waals surface area contributed by atoms with Crippen molar-refractivity contribution in [1.29, 1.82) is 0 Å². The second kappa shape index (κ2) is 36.8. The van der Waals surface area contributed by atoms with E-state index in [9.17, 15) is 45.3 Å². The van der Waals surface area contributed by atoms with Gasteiger partial charge in [-0.1, -0.05) is 127 Å². The van der Waals surface area contributed by atoms with E-state index >= 15 is 0 Å². The summed E-state index contributed by atoms with van der Waals surface area (Å²) in [6.45, 7) is 2.48. The lowest BCUT2D eigenvalue weighted by atomic mass is 9.98. The van der Waals surface area contributed by atoms with Crippen molar-refractivity contribution in [3.63, 3.8) is 0 Å². The molecule has 11 unspecified atom stereocenters. The van der Waals surface area contributed by atoms with Gasteiger partial charge < -0.3 is 64.2 Å². The molecule has 2 aliphatic heterocycles. The normalized spacial score (nSPS) is 26.9. The molecule has 2 saturated heterocycles. The first kappa shape index (κ1) is 57.8. The second-order valence-corrected chi connectivity index (χ2v) is 17.3. The van der Waals surface area contributed by atoms with Crippen LogP contribution in [0.25, 0.3) is 0 Å². The second-order valence-electron chi connectivity index (χ2n) is 17.3. The fourth-order valence-electron chi connectivity index (χ4n) is 7.48. The van der Waals surface area contributed by atoms with Crippen LogP contribution in [0.2, 0.25) is 0 Å². The molecule has 7 N–H and O–H groups in total. The van der Waals surface area contributed by atoms with Crippen LogP contribution in [-0.4, -0.2) is 142 Å². The van der Waals surface area contributed by atoms with E-state index in [-0.39, 0.29) is 26.1 Å². The molecule has 11 atom stereocenters. The van der Waals surface area contributed by atoms with Crippen LogP contribution in [0.1, 0.15) is 168 Å². The van der Waals surface area contributed by atoms with E-state index in [2.05, 4.69) is 50.3 Å². The molecule has 2 fully saturated rings. The predicted molar refractivity (Wildman–Crippen MR) is 243 cm³/mol. The highest BCUT2D eigenvalue weighted by Crippen LogP contribution is 2.26. The third-order valence-corrected chi connectivity index (χ3v) is 11.6. The topological polar surface area (TPSA) is 231 Å². The molecular formula is C49H86O15. The molecule has 64 heavy (non-hydrogen) atoms. The molecule has 2 heterocycles. The van der Waals surface area contributed by atoms with Crippen molar-refractivity contribution in [1.82, 2.24) is 0 Å². The summed E-state index contributed by atoms with van der Waals surface area (Å²) in [7, 11) is 0. The molecule has 0 saturated carbocycles. The number of hydrogen-bond acceptors (Lipinski definition) is 15. The quantitative estimate of drug-likeness (QED) is 0.0211. The molecule has 0 aromatic carbocycles. The zero-order valence-corrected chi connectivity index (χ0v) is 39.0. The summed E-state index contributed by atoms with van der Waals surface area (Å²) in [4.78, 5) is 25.7. The van der Waals surface area contributed by atoms with Crippen LogP contribution in [0.4, 0.5) is 0 Å². The van der Waals surface area contributed by atoms with E-state index in [1.807, 2.05) is 0 Å². The van der Waals surface area contributed by atoms with E-state index in [0.29, 0.717) is 12.8 Å². The van der Waals surface area contributed by atoms with Gasteiger partial charge in [-0.2, -0.15) is 0 Å². The van der Waals surface area contributed by atoms with Gasteiger partial charge >= 0.3 is 11.9 Å². The lowest BCUT2D eigenvalue weighted by Crippen LogP contribution is -2.61. The average Bonchev–Trinajstić information content (AvgIpc) is 3.29. The third-order valence-electron chi connectivity index (χ3n) is 11.6. The Balaban J connectivity index is 1.84. The number of esters is 2. The molecule has 0 bridgehead atoms. The Morgan fingerprint density at radius 2 is 0.969 bits per heavy atom. The number of aliphatic hydroxyl groups is 7. The monoisotopic (exact) mass is 915 g/mol. The Hall–Kier alpha value is -2.28. The predicted octanol–water partition coefficient (Wildman–Crippen LogP) is 6.15. The molecule has 0 aromatic heterocycles. The minimum atomic E-state index is -1.77. The minimum absolute atomic E-state index is 0.147. The van der Waals surface area contributed by atoms with Crippen LogP contribution in [0.3, 0.4) is 0 Å². The largest absolute Gasteiger partial charge is 0.462 e. The first-order valence-electron chi connectivity index (χ1n) is 24.6. The van der Waals surface area contributed by atoms with Crippen molar-refractivity contribution in [3.8, 4) is 0 Å². The number of allylic oxidation sites excluding steroid dienone is 6. The Kier molecular flexibility index (Phi) is 33.3.